The zero-order chi connectivity index (χ0) is 24.2. The van der Waals surface area contributed by atoms with Gasteiger partial charge in [0.2, 0.25) is 7.37 Å². The number of carbonyl (C=O) groups is 1. The van der Waals surface area contributed by atoms with Crippen LogP contribution in [0.25, 0.3) is 0 Å². The summed E-state index contributed by atoms with van der Waals surface area (Å²) in [7, 11) is -3.41. The SMILES string of the molecule is Cc1cnc(NC(=O)c2cc(Oc3ccc(P(=O)(O)CC(C)C)cc3)cc(OC(C)C)c2)s1. The molecule has 3 rings (SSSR count). The molecule has 7 nitrogen and oxygen atoms in total. The molecule has 1 atom stereocenters. The quantitative estimate of drug-likeness (QED) is 0.368. The minimum atomic E-state index is -3.41. The van der Waals surface area contributed by atoms with E-state index in [9.17, 15) is 14.3 Å². The molecule has 2 aromatic carbocycles. The maximum Gasteiger partial charge on any atom is 0.257 e. The highest BCUT2D eigenvalue weighted by Crippen LogP contribution is 2.41. The number of hydrogen-bond donors (Lipinski definition) is 2. The van der Waals surface area contributed by atoms with Gasteiger partial charge in [0, 0.05) is 34.2 Å². The van der Waals surface area contributed by atoms with Crippen LogP contribution in [0.1, 0.15) is 42.9 Å². The smallest absolute Gasteiger partial charge is 0.257 e. The molecule has 0 radical (unpaired) electrons. The van der Waals surface area contributed by atoms with Gasteiger partial charge in [-0.25, -0.2) is 4.98 Å². The van der Waals surface area contributed by atoms with Crippen molar-refractivity contribution in [3.63, 3.8) is 0 Å². The van der Waals surface area contributed by atoms with E-state index in [4.69, 9.17) is 9.47 Å². The first-order chi connectivity index (χ1) is 15.5. The topological polar surface area (TPSA) is 97.8 Å². The Morgan fingerprint density at radius 3 is 2.33 bits per heavy atom. The standard InChI is InChI=1S/C24H29N2O5PS/c1-15(2)14-32(28,29)22-8-6-19(7-9-22)31-21-11-18(10-20(12-21)30-16(3)4)23(27)26-24-25-13-17(5)33-24/h6-13,15-16H,14H2,1-5H3,(H,28,29)(H,25,26,27). The number of hydrogen-bond acceptors (Lipinski definition) is 6. The van der Waals surface area contributed by atoms with Crippen LogP contribution in [0.5, 0.6) is 17.2 Å². The molecule has 0 aliphatic rings. The summed E-state index contributed by atoms with van der Waals surface area (Å²) in [4.78, 5) is 28.3. The second-order valence-corrected chi connectivity index (χ2v) is 12.0. The van der Waals surface area contributed by atoms with Gasteiger partial charge in [0.05, 0.1) is 6.10 Å². The molecule has 2 N–H and O–H groups in total. The molecule has 1 heterocycles. The average molecular weight is 489 g/mol. The molecule has 1 amide bonds. The lowest BCUT2D eigenvalue weighted by atomic mass is 10.2. The monoisotopic (exact) mass is 488 g/mol. The highest BCUT2D eigenvalue weighted by atomic mass is 32.1. The van der Waals surface area contributed by atoms with Crippen LogP contribution in [0.4, 0.5) is 5.13 Å². The van der Waals surface area contributed by atoms with Crippen molar-refractivity contribution in [2.45, 2.75) is 40.7 Å². The van der Waals surface area contributed by atoms with Gasteiger partial charge in [0.25, 0.3) is 5.91 Å². The number of ether oxygens (including phenoxy) is 2. The van der Waals surface area contributed by atoms with Crippen molar-refractivity contribution in [1.82, 2.24) is 4.98 Å². The fourth-order valence-corrected chi connectivity index (χ4v) is 5.64. The molecule has 0 aliphatic heterocycles. The summed E-state index contributed by atoms with van der Waals surface area (Å²) in [6.07, 6.45) is 1.83. The number of anilines is 1. The minimum absolute atomic E-state index is 0.0864. The molecule has 9 heteroatoms. The van der Waals surface area contributed by atoms with E-state index in [1.165, 1.54) is 11.3 Å². The Kier molecular flexibility index (Phi) is 7.95. The predicted molar refractivity (Wildman–Crippen MR) is 133 cm³/mol. The van der Waals surface area contributed by atoms with Crippen LogP contribution in [0, 0.1) is 12.8 Å². The summed E-state index contributed by atoms with van der Waals surface area (Å²) in [6, 6.07) is 11.5. The molecule has 0 saturated heterocycles. The number of nitrogens with one attached hydrogen (secondary N) is 1. The van der Waals surface area contributed by atoms with Crippen LogP contribution in [-0.4, -0.2) is 28.1 Å². The number of amides is 1. The van der Waals surface area contributed by atoms with Gasteiger partial charge in [-0.3, -0.25) is 14.7 Å². The lowest BCUT2D eigenvalue weighted by molar-refractivity contribution is 0.102. The third-order valence-electron chi connectivity index (χ3n) is 4.44. The van der Waals surface area contributed by atoms with Crippen molar-refractivity contribution < 1.29 is 23.7 Å². The van der Waals surface area contributed by atoms with Crippen LogP contribution in [-0.2, 0) is 4.57 Å². The number of thiazole rings is 1. The third-order valence-corrected chi connectivity index (χ3v) is 7.60. The van der Waals surface area contributed by atoms with Gasteiger partial charge in [-0.05, 0) is 63.1 Å². The summed E-state index contributed by atoms with van der Waals surface area (Å²) in [5, 5.41) is 3.69. The van der Waals surface area contributed by atoms with Gasteiger partial charge < -0.3 is 14.4 Å². The number of rotatable bonds is 9. The van der Waals surface area contributed by atoms with Crippen molar-refractivity contribution in [2.75, 3.05) is 11.5 Å². The second kappa shape index (κ2) is 10.5. The lowest BCUT2D eigenvalue weighted by Crippen LogP contribution is -2.13. The Morgan fingerprint density at radius 1 is 1.09 bits per heavy atom. The van der Waals surface area contributed by atoms with E-state index in [1.54, 1.807) is 48.7 Å². The zero-order valence-corrected chi connectivity index (χ0v) is 21.1. The number of carbonyl (C=O) groups excluding carboxylic acids is 1. The number of benzene rings is 2. The molecule has 1 unspecified atom stereocenters. The maximum absolute atomic E-state index is 12.8. The van der Waals surface area contributed by atoms with E-state index >= 15 is 0 Å². The summed E-state index contributed by atoms with van der Waals surface area (Å²) in [6.45, 7) is 9.54. The first-order valence-electron chi connectivity index (χ1n) is 10.7. The third kappa shape index (κ3) is 7.16. The number of aryl methyl sites for hydroxylation is 1. The van der Waals surface area contributed by atoms with Crippen molar-refractivity contribution in [3.8, 4) is 17.2 Å². The van der Waals surface area contributed by atoms with Crippen molar-refractivity contribution in [2.24, 2.45) is 5.92 Å². The molecule has 0 aliphatic carbocycles. The van der Waals surface area contributed by atoms with Crippen LogP contribution < -0.4 is 20.1 Å². The fraction of sp³-hybridized carbons (Fsp3) is 0.333. The summed E-state index contributed by atoms with van der Waals surface area (Å²) >= 11 is 1.39. The van der Waals surface area contributed by atoms with Crippen molar-refractivity contribution in [1.29, 1.82) is 0 Å². The van der Waals surface area contributed by atoms with Gasteiger partial charge in [-0.1, -0.05) is 13.8 Å². The molecule has 0 bridgehead atoms. The molecule has 0 spiro atoms. The summed E-state index contributed by atoms with van der Waals surface area (Å²) < 4.78 is 24.3. The van der Waals surface area contributed by atoms with Gasteiger partial charge >= 0.3 is 0 Å². The Morgan fingerprint density at radius 2 is 1.76 bits per heavy atom. The lowest BCUT2D eigenvalue weighted by Gasteiger charge is -2.16. The molecule has 176 valence electrons. The van der Waals surface area contributed by atoms with Gasteiger partial charge in [0.1, 0.15) is 17.2 Å². The normalized spacial score (nSPS) is 13.1. The Labute approximate surface area is 198 Å². The van der Waals surface area contributed by atoms with Crippen LogP contribution >= 0.6 is 18.7 Å². The largest absolute Gasteiger partial charge is 0.491 e. The first-order valence-corrected chi connectivity index (χ1v) is 13.3. The van der Waals surface area contributed by atoms with Crippen LogP contribution in [0.15, 0.2) is 48.7 Å². The molecule has 0 fully saturated rings. The minimum Gasteiger partial charge on any atom is -0.491 e. The predicted octanol–water partition coefficient (Wildman–Crippen LogP) is 5.84. The highest BCUT2D eigenvalue weighted by Gasteiger charge is 2.22. The Hall–Kier alpha value is -2.67. The van der Waals surface area contributed by atoms with Crippen molar-refractivity contribution in [3.05, 3.63) is 59.1 Å². The van der Waals surface area contributed by atoms with Crippen LogP contribution in [0.2, 0.25) is 0 Å². The second-order valence-electron chi connectivity index (χ2n) is 8.46. The number of aromatic nitrogens is 1. The van der Waals surface area contributed by atoms with E-state index < -0.39 is 7.37 Å². The van der Waals surface area contributed by atoms with Gasteiger partial charge in [0.15, 0.2) is 5.13 Å². The van der Waals surface area contributed by atoms with Crippen molar-refractivity contribution >= 4 is 35.0 Å². The fourth-order valence-electron chi connectivity index (χ4n) is 3.17. The van der Waals surface area contributed by atoms with E-state index in [-0.39, 0.29) is 24.1 Å². The number of nitrogens with zero attached hydrogens (tertiary/aromatic N) is 1. The molecular formula is C24H29N2O5PS. The van der Waals surface area contributed by atoms with Gasteiger partial charge in [-0.2, -0.15) is 0 Å². The first kappa shape index (κ1) is 25.0. The summed E-state index contributed by atoms with van der Waals surface area (Å²) in [5.41, 5.74) is 0.365. The van der Waals surface area contributed by atoms with E-state index in [0.29, 0.717) is 33.2 Å². The molecule has 0 saturated carbocycles. The molecule has 33 heavy (non-hydrogen) atoms. The van der Waals surface area contributed by atoms with Crippen LogP contribution in [0.3, 0.4) is 0 Å². The van der Waals surface area contributed by atoms with Gasteiger partial charge in [-0.15, -0.1) is 11.3 Å². The summed E-state index contributed by atoms with van der Waals surface area (Å²) in [5.74, 6) is 1.17. The Bertz CT molecular complexity index is 1160. The molecule has 1 aromatic heterocycles. The zero-order valence-electron chi connectivity index (χ0n) is 19.4. The maximum atomic E-state index is 12.8. The molecular weight excluding hydrogens is 459 g/mol. The van der Waals surface area contributed by atoms with E-state index in [0.717, 1.165) is 4.88 Å². The highest BCUT2D eigenvalue weighted by molar-refractivity contribution is 7.66. The van der Waals surface area contributed by atoms with E-state index in [2.05, 4.69) is 10.3 Å². The average Bonchev–Trinajstić information content (AvgIpc) is 3.11. The molecule has 3 aromatic rings. The van der Waals surface area contributed by atoms with E-state index in [1.807, 2.05) is 34.6 Å². The Balaban J connectivity index is 1.83.